The molecule has 0 spiro atoms. The molecule has 0 aliphatic heterocycles. The van der Waals surface area contributed by atoms with Crippen LogP contribution in [0.5, 0.6) is 0 Å². The summed E-state index contributed by atoms with van der Waals surface area (Å²) in [5.74, 6) is -0.492. The van der Waals surface area contributed by atoms with Gasteiger partial charge in [0.25, 0.3) is 5.91 Å². The van der Waals surface area contributed by atoms with Crippen molar-refractivity contribution in [2.75, 3.05) is 14.2 Å². The molecule has 0 aliphatic rings. The third kappa shape index (κ3) is 3.97. The van der Waals surface area contributed by atoms with Crippen LogP contribution in [0.25, 0.3) is 0 Å². The lowest BCUT2D eigenvalue weighted by Gasteiger charge is -2.19. The lowest BCUT2D eigenvalue weighted by Crippen LogP contribution is -2.26. The van der Waals surface area contributed by atoms with Crippen LogP contribution >= 0.6 is 0 Å². The van der Waals surface area contributed by atoms with E-state index in [1.165, 1.54) is 18.2 Å². The summed E-state index contributed by atoms with van der Waals surface area (Å²) in [5, 5.41) is 0. The van der Waals surface area contributed by atoms with Crippen molar-refractivity contribution in [3.05, 3.63) is 70.3 Å². The summed E-state index contributed by atoms with van der Waals surface area (Å²) in [6.07, 6.45) is 0. The van der Waals surface area contributed by atoms with Crippen molar-refractivity contribution in [1.29, 1.82) is 0 Å². The van der Waals surface area contributed by atoms with E-state index < -0.39 is 5.97 Å². The first-order chi connectivity index (χ1) is 10.9. The number of amides is 1. The van der Waals surface area contributed by atoms with E-state index >= 15 is 0 Å². The van der Waals surface area contributed by atoms with Crippen LogP contribution in [0.2, 0.25) is 0 Å². The fraction of sp³-hybridized carbons (Fsp3) is 0.263. The molecule has 2 aromatic carbocycles. The summed E-state index contributed by atoms with van der Waals surface area (Å²) in [6, 6.07) is 12.7. The second kappa shape index (κ2) is 7.09. The molecule has 4 nitrogen and oxygen atoms in total. The van der Waals surface area contributed by atoms with E-state index in [1.54, 1.807) is 36.2 Å². The van der Waals surface area contributed by atoms with Crippen molar-refractivity contribution >= 4 is 11.9 Å². The Morgan fingerprint density at radius 3 is 2.17 bits per heavy atom. The zero-order chi connectivity index (χ0) is 17.0. The second-order valence-corrected chi connectivity index (χ2v) is 5.66. The quantitative estimate of drug-likeness (QED) is 0.813. The van der Waals surface area contributed by atoms with Gasteiger partial charge in [0.05, 0.1) is 12.7 Å². The molecule has 120 valence electrons. The molecule has 0 heterocycles. The van der Waals surface area contributed by atoms with Gasteiger partial charge in [-0.1, -0.05) is 23.8 Å². The van der Waals surface area contributed by atoms with Gasteiger partial charge < -0.3 is 9.64 Å². The average molecular weight is 311 g/mol. The number of carbonyl (C=O) groups is 2. The van der Waals surface area contributed by atoms with Gasteiger partial charge in [-0.3, -0.25) is 4.79 Å². The molecule has 0 bridgehead atoms. The maximum Gasteiger partial charge on any atom is 0.337 e. The van der Waals surface area contributed by atoms with E-state index in [-0.39, 0.29) is 5.91 Å². The molecule has 0 N–H and O–H groups in total. The third-order valence-electron chi connectivity index (χ3n) is 3.81. The number of nitrogens with zero attached hydrogens (tertiary/aromatic N) is 1. The topological polar surface area (TPSA) is 46.6 Å². The van der Waals surface area contributed by atoms with Crippen molar-refractivity contribution in [2.45, 2.75) is 20.4 Å². The minimum atomic E-state index is -0.410. The Labute approximate surface area is 136 Å². The van der Waals surface area contributed by atoms with E-state index in [9.17, 15) is 9.59 Å². The normalized spacial score (nSPS) is 10.3. The molecule has 0 atom stereocenters. The Morgan fingerprint density at radius 2 is 1.61 bits per heavy atom. The number of methoxy groups -OCH3 is 1. The lowest BCUT2D eigenvalue weighted by atomic mass is 10.0. The molecule has 0 aromatic heterocycles. The highest BCUT2D eigenvalue weighted by Crippen LogP contribution is 2.15. The van der Waals surface area contributed by atoms with Gasteiger partial charge in [-0.25, -0.2) is 4.79 Å². The molecule has 0 saturated carbocycles. The maximum absolute atomic E-state index is 12.5. The third-order valence-corrected chi connectivity index (χ3v) is 3.81. The number of ether oxygens (including phenoxy) is 1. The van der Waals surface area contributed by atoms with Crippen molar-refractivity contribution in [3.8, 4) is 0 Å². The van der Waals surface area contributed by atoms with Gasteiger partial charge in [0, 0.05) is 19.2 Å². The fourth-order valence-electron chi connectivity index (χ4n) is 2.44. The number of aryl methyl sites for hydroxylation is 2. The van der Waals surface area contributed by atoms with Crippen molar-refractivity contribution in [3.63, 3.8) is 0 Å². The van der Waals surface area contributed by atoms with E-state index in [2.05, 4.69) is 23.8 Å². The molecular weight excluding hydrogens is 290 g/mol. The highest BCUT2D eigenvalue weighted by molar-refractivity contribution is 5.96. The van der Waals surface area contributed by atoms with E-state index in [0.29, 0.717) is 17.7 Å². The van der Waals surface area contributed by atoms with E-state index in [4.69, 9.17) is 0 Å². The fourth-order valence-corrected chi connectivity index (χ4v) is 2.44. The largest absolute Gasteiger partial charge is 0.465 e. The van der Waals surface area contributed by atoms with E-state index in [0.717, 1.165) is 5.56 Å². The monoisotopic (exact) mass is 311 g/mol. The molecule has 0 radical (unpaired) electrons. The summed E-state index contributed by atoms with van der Waals surface area (Å²) in [4.78, 5) is 25.6. The van der Waals surface area contributed by atoms with Crippen molar-refractivity contribution < 1.29 is 14.3 Å². The lowest BCUT2D eigenvalue weighted by molar-refractivity contribution is 0.0600. The number of carbonyl (C=O) groups excluding carboxylic acids is 2. The van der Waals surface area contributed by atoms with Gasteiger partial charge in [-0.05, 0) is 49.2 Å². The molecule has 4 heteroatoms. The SMILES string of the molecule is COC(=O)c1ccc(C(=O)N(C)Cc2ccc(C)cc2C)cc1. The van der Waals surface area contributed by atoms with Crippen LogP contribution < -0.4 is 0 Å². The van der Waals surface area contributed by atoms with Crippen LogP contribution in [-0.4, -0.2) is 30.9 Å². The molecule has 0 fully saturated rings. The van der Waals surface area contributed by atoms with E-state index in [1.807, 2.05) is 13.0 Å². The first-order valence-corrected chi connectivity index (χ1v) is 7.42. The van der Waals surface area contributed by atoms with Gasteiger partial charge in [0.2, 0.25) is 0 Å². The Balaban J connectivity index is 2.11. The summed E-state index contributed by atoms with van der Waals surface area (Å²) in [7, 11) is 3.11. The van der Waals surface area contributed by atoms with Gasteiger partial charge in [0.15, 0.2) is 0 Å². The Kier molecular flexibility index (Phi) is 5.16. The minimum Gasteiger partial charge on any atom is -0.465 e. The number of esters is 1. The number of benzene rings is 2. The Bertz CT molecular complexity index is 720. The first-order valence-electron chi connectivity index (χ1n) is 7.42. The van der Waals surface area contributed by atoms with Crippen LogP contribution in [-0.2, 0) is 11.3 Å². The van der Waals surface area contributed by atoms with Gasteiger partial charge in [0.1, 0.15) is 0 Å². The van der Waals surface area contributed by atoms with Gasteiger partial charge in [-0.2, -0.15) is 0 Å². The minimum absolute atomic E-state index is 0.0820. The van der Waals surface area contributed by atoms with Crippen molar-refractivity contribution in [2.24, 2.45) is 0 Å². The zero-order valence-corrected chi connectivity index (χ0v) is 13.9. The molecule has 0 aliphatic carbocycles. The highest BCUT2D eigenvalue weighted by Gasteiger charge is 2.14. The predicted octanol–water partition coefficient (Wildman–Crippen LogP) is 3.36. The number of hydrogen-bond acceptors (Lipinski definition) is 3. The molecule has 0 unspecified atom stereocenters. The Morgan fingerprint density at radius 1 is 1.00 bits per heavy atom. The van der Waals surface area contributed by atoms with Gasteiger partial charge in [-0.15, -0.1) is 0 Å². The second-order valence-electron chi connectivity index (χ2n) is 5.66. The van der Waals surface area contributed by atoms with Crippen LogP contribution in [0.15, 0.2) is 42.5 Å². The molecule has 0 saturated heterocycles. The van der Waals surface area contributed by atoms with Crippen LogP contribution in [0.1, 0.15) is 37.4 Å². The highest BCUT2D eigenvalue weighted by atomic mass is 16.5. The summed E-state index contributed by atoms with van der Waals surface area (Å²) < 4.78 is 4.65. The maximum atomic E-state index is 12.5. The van der Waals surface area contributed by atoms with Crippen LogP contribution in [0, 0.1) is 13.8 Å². The smallest absolute Gasteiger partial charge is 0.337 e. The van der Waals surface area contributed by atoms with Crippen molar-refractivity contribution in [1.82, 2.24) is 4.90 Å². The average Bonchev–Trinajstić information content (AvgIpc) is 2.56. The van der Waals surface area contributed by atoms with Crippen LogP contribution in [0.4, 0.5) is 0 Å². The number of rotatable bonds is 4. The molecule has 2 aromatic rings. The zero-order valence-electron chi connectivity index (χ0n) is 13.9. The molecule has 2 rings (SSSR count). The molecular formula is C19H21NO3. The van der Waals surface area contributed by atoms with Crippen LogP contribution in [0.3, 0.4) is 0 Å². The predicted molar refractivity (Wildman–Crippen MR) is 89.5 cm³/mol. The molecule has 23 heavy (non-hydrogen) atoms. The summed E-state index contributed by atoms with van der Waals surface area (Å²) in [6.45, 7) is 4.64. The first kappa shape index (κ1) is 16.7. The Hall–Kier alpha value is -2.62. The summed E-state index contributed by atoms with van der Waals surface area (Å²) >= 11 is 0. The standard InChI is InChI=1S/C19H21NO3/c1-13-5-6-17(14(2)11-13)12-20(3)18(21)15-7-9-16(10-8-15)19(22)23-4/h5-11H,12H2,1-4H3. The number of hydrogen-bond donors (Lipinski definition) is 0. The summed E-state index contributed by atoms with van der Waals surface area (Å²) in [5.41, 5.74) is 4.48. The van der Waals surface area contributed by atoms with Gasteiger partial charge >= 0.3 is 5.97 Å². The molecule has 1 amide bonds.